The van der Waals surface area contributed by atoms with E-state index in [1.807, 2.05) is 43.8 Å². The molecule has 0 aliphatic heterocycles. The first-order valence-corrected chi connectivity index (χ1v) is 8.98. The molecule has 1 unspecified atom stereocenters. The summed E-state index contributed by atoms with van der Waals surface area (Å²) in [5.74, 6) is -0.250. The van der Waals surface area contributed by atoms with Gasteiger partial charge in [0.1, 0.15) is 0 Å². The first-order chi connectivity index (χ1) is 11.8. The summed E-state index contributed by atoms with van der Waals surface area (Å²) in [6.45, 7) is 5.15. The Hall–Kier alpha value is -1.56. The number of rotatable bonds is 8. The molecule has 0 saturated heterocycles. The molecule has 1 amide bonds. The molecule has 5 nitrogen and oxygen atoms in total. The molecule has 2 N–H and O–H groups in total. The molecule has 0 bridgehead atoms. The van der Waals surface area contributed by atoms with Crippen LogP contribution in [0.3, 0.4) is 0 Å². The average molecular weight is 383 g/mol. The van der Waals surface area contributed by atoms with Crippen molar-refractivity contribution < 1.29 is 4.79 Å². The summed E-state index contributed by atoms with van der Waals surface area (Å²) in [6, 6.07) is 5.14. The van der Waals surface area contributed by atoms with Crippen molar-refractivity contribution in [2.45, 2.75) is 32.9 Å². The van der Waals surface area contributed by atoms with E-state index < -0.39 is 0 Å². The van der Waals surface area contributed by atoms with Crippen LogP contribution in [0.15, 0.2) is 30.7 Å². The van der Waals surface area contributed by atoms with Gasteiger partial charge in [-0.15, -0.1) is 0 Å². The maximum atomic E-state index is 12.1. The lowest BCUT2D eigenvalue weighted by Gasteiger charge is -2.32. The van der Waals surface area contributed by atoms with E-state index in [1.165, 1.54) is 0 Å². The van der Waals surface area contributed by atoms with Gasteiger partial charge in [-0.05, 0) is 17.5 Å². The highest BCUT2D eigenvalue weighted by Gasteiger charge is 2.27. The third kappa shape index (κ3) is 4.97. The number of hydrogen-bond acceptors (Lipinski definition) is 3. The Balaban J connectivity index is 2.26. The van der Waals surface area contributed by atoms with Crippen LogP contribution in [0.2, 0.25) is 10.0 Å². The highest BCUT2D eigenvalue weighted by atomic mass is 35.5. The lowest BCUT2D eigenvalue weighted by Crippen LogP contribution is -2.48. The zero-order valence-electron chi connectivity index (χ0n) is 14.7. The summed E-state index contributed by atoms with van der Waals surface area (Å²) in [7, 11) is 1.95. The summed E-state index contributed by atoms with van der Waals surface area (Å²) in [5, 5.41) is 1.02. The minimum Gasteiger partial charge on any atom is -0.368 e. The fourth-order valence-electron chi connectivity index (χ4n) is 3.02. The van der Waals surface area contributed by atoms with Gasteiger partial charge in [0.25, 0.3) is 0 Å². The zero-order chi connectivity index (χ0) is 18.6. The second-order valence-electron chi connectivity index (χ2n) is 6.52. The number of carbonyl (C=O) groups is 1. The molecule has 1 heterocycles. The van der Waals surface area contributed by atoms with E-state index in [9.17, 15) is 4.79 Å². The lowest BCUT2D eigenvalue weighted by molar-refractivity contribution is -0.125. The fraction of sp³-hybridized carbons (Fsp3) is 0.444. The second-order valence-corrected chi connectivity index (χ2v) is 7.31. The van der Waals surface area contributed by atoms with Gasteiger partial charge < -0.3 is 10.3 Å². The summed E-state index contributed by atoms with van der Waals surface area (Å²) < 4.78 is 1.97. The number of benzene rings is 1. The molecule has 1 atom stereocenters. The van der Waals surface area contributed by atoms with Gasteiger partial charge in [-0.1, -0.05) is 49.2 Å². The molecule has 136 valence electrons. The maximum absolute atomic E-state index is 12.1. The molecule has 0 spiro atoms. The van der Waals surface area contributed by atoms with Gasteiger partial charge in [0, 0.05) is 38.4 Å². The van der Waals surface area contributed by atoms with E-state index in [0.717, 1.165) is 17.7 Å². The van der Waals surface area contributed by atoms with Crippen LogP contribution < -0.4 is 5.73 Å². The molecule has 0 radical (unpaired) electrons. The van der Waals surface area contributed by atoms with Crippen LogP contribution in [0.1, 0.15) is 25.1 Å². The third-order valence-electron chi connectivity index (χ3n) is 4.29. The number of primary amides is 1. The fourth-order valence-corrected chi connectivity index (χ4v) is 3.40. The number of aromatic nitrogens is 2. The Labute approximate surface area is 158 Å². The molecule has 0 aliphatic rings. The Kier molecular flexibility index (Phi) is 6.87. The van der Waals surface area contributed by atoms with Crippen LogP contribution in [0.4, 0.5) is 0 Å². The van der Waals surface area contributed by atoms with E-state index in [0.29, 0.717) is 23.1 Å². The van der Waals surface area contributed by atoms with Crippen LogP contribution in [0.25, 0.3) is 0 Å². The first kappa shape index (κ1) is 19.8. The molecular weight excluding hydrogens is 359 g/mol. The van der Waals surface area contributed by atoms with Gasteiger partial charge in [0.15, 0.2) is 0 Å². The SMILES string of the molecule is CC(C)C(C(N)=O)N(CCc1cncn1C)Cc1cccc(Cl)c1Cl. The van der Waals surface area contributed by atoms with E-state index in [4.69, 9.17) is 28.9 Å². The van der Waals surface area contributed by atoms with Crippen molar-refractivity contribution in [3.05, 3.63) is 52.0 Å². The zero-order valence-corrected chi connectivity index (χ0v) is 16.3. The molecule has 0 saturated carbocycles. The largest absolute Gasteiger partial charge is 0.368 e. The minimum absolute atomic E-state index is 0.0852. The predicted octanol–water partition coefficient (Wildman–Crippen LogP) is 3.28. The van der Waals surface area contributed by atoms with Crippen molar-refractivity contribution >= 4 is 29.1 Å². The quantitative estimate of drug-likeness (QED) is 0.761. The van der Waals surface area contributed by atoms with Crippen molar-refractivity contribution in [1.82, 2.24) is 14.5 Å². The second kappa shape index (κ2) is 8.70. The molecule has 1 aromatic heterocycles. The van der Waals surface area contributed by atoms with E-state index >= 15 is 0 Å². The molecule has 0 aliphatic carbocycles. The van der Waals surface area contributed by atoms with Gasteiger partial charge in [-0.3, -0.25) is 9.69 Å². The molecular formula is C18H24Cl2N4O. The van der Waals surface area contributed by atoms with Crippen molar-refractivity contribution in [2.75, 3.05) is 6.54 Å². The van der Waals surface area contributed by atoms with E-state index in [1.54, 1.807) is 12.4 Å². The van der Waals surface area contributed by atoms with Crippen LogP contribution in [0, 0.1) is 5.92 Å². The van der Waals surface area contributed by atoms with Crippen molar-refractivity contribution in [1.29, 1.82) is 0 Å². The average Bonchev–Trinajstić information content (AvgIpc) is 2.93. The number of carbonyl (C=O) groups excluding carboxylic acids is 1. The summed E-state index contributed by atoms with van der Waals surface area (Å²) in [4.78, 5) is 18.3. The molecule has 2 rings (SSSR count). The molecule has 2 aromatic rings. The Morgan fingerprint density at radius 2 is 2.08 bits per heavy atom. The van der Waals surface area contributed by atoms with Gasteiger partial charge >= 0.3 is 0 Å². The van der Waals surface area contributed by atoms with Crippen LogP contribution >= 0.6 is 23.2 Å². The van der Waals surface area contributed by atoms with Crippen molar-refractivity contribution in [3.8, 4) is 0 Å². The number of nitrogens with two attached hydrogens (primary N) is 1. The number of amides is 1. The highest BCUT2D eigenvalue weighted by Crippen LogP contribution is 2.27. The number of halogens is 2. The first-order valence-electron chi connectivity index (χ1n) is 8.22. The van der Waals surface area contributed by atoms with E-state index in [2.05, 4.69) is 9.88 Å². The molecule has 25 heavy (non-hydrogen) atoms. The standard InChI is InChI=1S/C18H24Cl2N4O/c1-12(2)17(18(21)25)24(8-7-14-9-22-11-23(14)3)10-13-5-4-6-15(19)16(13)20/h4-6,9,11-12,17H,7-8,10H2,1-3H3,(H2,21,25). The third-order valence-corrected chi connectivity index (χ3v) is 5.15. The Morgan fingerprint density at radius 1 is 1.36 bits per heavy atom. The van der Waals surface area contributed by atoms with Crippen molar-refractivity contribution in [3.63, 3.8) is 0 Å². The highest BCUT2D eigenvalue weighted by molar-refractivity contribution is 6.42. The number of imidazole rings is 1. The molecule has 7 heteroatoms. The topological polar surface area (TPSA) is 64.2 Å². The van der Waals surface area contributed by atoms with Crippen LogP contribution in [-0.4, -0.2) is 32.9 Å². The van der Waals surface area contributed by atoms with Crippen LogP contribution in [0.5, 0.6) is 0 Å². The molecule has 1 aromatic carbocycles. The minimum atomic E-state index is -0.386. The Bertz CT molecular complexity index is 730. The van der Waals surface area contributed by atoms with Gasteiger partial charge in [-0.2, -0.15) is 0 Å². The molecule has 0 fully saturated rings. The normalized spacial score (nSPS) is 12.8. The van der Waals surface area contributed by atoms with Gasteiger partial charge in [0.05, 0.1) is 22.4 Å². The van der Waals surface area contributed by atoms with Crippen molar-refractivity contribution in [2.24, 2.45) is 18.7 Å². The summed E-state index contributed by atoms with van der Waals surface area (Å²) in [6.07, 6.45) is 4.35. The van der Waals surface area contributed by atoms with Crippen LogP contribution in [-0.2, 0) is 24.8 Å². The van der Waals surface area contributed by atoms with Gasteiger partial charge in [0.2, 0.25) is 5.91 Å². The Morgan fingerprint density at radius 3 is 2.64 bits per heavy atom. The van der Waals surface area contributed by atoms with E-state index in [-0.39, 0.29) is 17.9 Å². The summed E-state index contributed by atoms with van der Waals surface area (Å²) in [5.41, 5.74) is 7.65. The number of hydrogen-bond donors (Lipinski definition) is 1. The monoisotopic (exact) mass is 382 g/mol. The summed E-state index contributed by atoms with van der Waals surface area (Å²) >= 11 is 12.5. The smallest absolute Gasteiger partial charge is 0.235 e. The number of nitrogens with zero attached hydrogens (tertiary/aromatic N) is 3. The number of aryl methyl sites for hydroxylation is 1. The predicted molar refractivity (Wildman–Crippen MR) is 102 cm³/mol. The maximum Gasteiger partial charge on any atom is 0.235 e. The van der Waals surface area contributed by atoms with Gasteiger partial charge in [-0.25, -0.2) is 4.98 Å². The lowest BCUT2D eigenvalue weighted by atomic mass is 10.0.